The Morgan fingerprint density at radius 2 is 1.84 bits per heavy atom. The minimum absolute atomic E-state index is 0.0800. The standard InChI is InChI=1S/C18H16F2N4O/c1-2-11-3-6-13(7-4-11)25-18-16(21)17(22-10-23-18)24-15-9-12(19)5-8-14(15)20/h3-10H,2,21H2,1H3,(H,22,23,24). The Hall–Kier alpha value is -3.22. The van der Waals surface area contributed by atoms with E-state index >= 15 is 0 Å². The molecule has 0 radical (unpaired) electrons. The van der Waals surface area contributed by atoms with Crippen LogP contribution in [0.25, 0.3) is 0 Å². The highest BCUT2D eigenvalue weighted by molar-refractivity contribution is 5.72. The van der Waals surface area contributed by atoms with Crippen LogP contribution in [0.2, 0.25) is 0 Å². The number of ether oxygens (including phenoxy) is 1. The highest BCUT2D eigenvalue weighted by atomic mass is 19.1. The minimum atomic E-state index is -0.628. The molecule has 0 bridgehead atoms. The zero-order valence-electron chi connectivity index (χ0n) is 13.5. The molecule has 3 rings (SSSR count). The van der Waals surface area contributed by atoms with Crippen molar-refractivity contribution in [3.63, 3.8) is 0 Å². The lowest BCUT2D eigenvalue weighted by Crippen LogP contribution is -2.04. The first kappa shape index (κ1) is 16.6. The van der Waals surface area contributed by atoms with Gasteiger partial charge < -0.3 is 15.8 Å². The minimum Gasteiger partial charge on any atom is -0.437 e. The molecule has 0 aliphatic carbocycles. The summed E-state index contributed by atoms with van der Waals surface area (Å²) in [6, 6.07) is 10.5. The molecule has 2 aromatic carbocycles. The fraction of sp³-hybridized carbons (Fsp3) is 0.111. The Balaban J connectivity index is 1.85. The maximum Gasteiger partial charge on any atom is 0.248 e. The molecule has 0 unspecified atom stereocenters. The summed E-state index contributed by atoms with van der Waals surface area (Å²) in [5, 5.41) is 2.65. The number of hydrogen-bond acceptors (Lipinski definition) is 5. The van der Waals surface area contributed by atoms with Crippen LogP contribution in [-0.4, -0.2) is 9.97 Å². The molecule has 3 N–H and O–H groups in total. The zero-order chi connectivity index (χ0) is 17.8. The van der Waals surface area contributed by atoms with Gasteiger partial charge in [0.1, 0.15) is 29.4 Å². The van der Waals surface area contributed by atoms with E-state index in [4.69, 9.17) is 10.5 Å². The van der Waals surface area contributed by atoms with Crippen LogP contribution in [0.15, 0.2) is 48.8 Å². The quantitative estimate of drug-likeness (QED) is 0.717. The van der Waals surface area contributed by atoms with Gasteiger partial charge in [0.2, 0.25) is 5.88 Å². The van der Waals surface area contributed by atoms with Crippen molar-refractivity contribution in [2.75, 3.05) is 11.1 Å². The molecule has 0 saturated carbocycles. The average molecular weight is 342 g/mol. The third-order valence-electron chi connectivity index (χ3n) is 3.57. The van der Waals surface area contributed by atoms with Crippen LogP contribution < -0.4 is 15.8 Å². The maximum absolute atomic E-state index is 13.8. The second-order valence-electron chi connectivity index (χ2n) is 5.29. The third kappa shape index (κ3) is 3.82. The first-order valence-corrected chi connectivity index (χ1v) is 7.66. The number of nitrogens with zero attached hydrogens (tertiary/aromatic N) is 2. The monoisotopic (exact) mass is 342 g/mol. The van der Waals surface area contributed by atoms with E-state index in [-0.39, 0.29) is 23.1 Å². The van der Waals surface area contributed by atoms with Crippen LogP contribution in [-0.2, 0) is 6.42 Å². The molecule has 0 aliphatic heterocycles. The fourth-order valence-electron chi connectivity index (χ4n) is 2.19. The van der Waals surface area contributed by atoms with Gasteiger partial charge >= 0.3 is 0 Å². The second-order valence-corrected chi connectivity index (χ2v) is 5.29. The summed E-state index contributed by atoms with van der Waals surface area (Å²) >= 11 is 0. The fourth-order valence-corrected chi connectivity index (χ4v) is 2.19. The van der Waals surface area contributed by atoms with Crippen molar-refractivity contribution in [1.82, 2.24) is 9.97 Å². The van der Waals surface area contributed by atoms with E-state index in [1.807, 2.05) is 12.1 Å². The van der Waals surface area contributed by atoms with Gasteiger partial charge in [0.25, 0.3) is 0 Å². The van der Waals surface area contributed by atoms with Crippen molar-refractivity contribution in [2.45, 2.75) is 13.3 Å². The van der Waals surface area contributed by atoms with Gasteiger partial charge in [0, 0.05) is 6.07 Å². The van der Waals surface area contributed by atoms with Crippen molar-refractivity contribution < 1.29 is 13.5 Å². The number of nitrogens with two attached hydrogens (primary N) is 1. The number of benzene rings is 2. The number of aromatic nitrogens is 2. The molecule has 0 fully saturated rings. The van der Waals surface area contributed by atoms with E-state index in [1.54, 1.807) is 12.1 Å². The normalized spacial score (nSPS) is 10.5. The molecule has 0 amide bonds. The van der Waals surface area contributed by atoms with Crippen LogP contribution >= 0.6 is 0 Å². The van der Waals surface area contributed by atoms with Gasteiger partial charge in [-0.05, 0) is 36.2 Å². The van der Waals surface area contributed by atoms with Gasteiger partial charge in [-0.1, -0.05) is 19.1 Å². The van der Waals surface area contributed by atoms with Crippen LogP contribution in [0, 0.1) is 11.6 Å². The largest absolute Gasteiger partial charge is 0.437 e. The van der Waals surface area contributed by atoms with Crippen molar-refractivity contribution in [3.05, 3.63) is 66.0 Å². The predicted octanol–water partition coefficient (Wildman–Crippen LogP) is 4.44. The van der Waals surface area contributed by atoms with Crippen molar-refractivity contribution in [3.8, 4) is 11.6 Å². The van der Waals surface area contributed by atoms with E-state index in [2.05, 4.69) is 22.2 Å². The van der Waals surface area contributed by atoms with Gasteiger partial charge in [0.05, 0.1) is 5.69 Å². The molecule has 0 saturated heterocycles. The molecular weight excluding hydrogens is 326 g/mol. The van der Waals surface area contributed by atoms with Gasteiger partial charge in [-0.25, -0.2) is 13.8 Å². The predicted molar refractivity (Wildman–Crippen MR) is 92.0 cm³/mol. The summed E-state index contributed by atoms with van der Waals surface area (Å²) < 4.78 is 32.7. The highest BCUT2D eigenvalue weighted by Gasteiger charge is 2.13. The average Bonchev–Trinajstić information content (AvgIpc) is 2.62. The highest BCUT2D eigenvalue weighted by Crippen LogP contribution is 2.31. The number of halogens is 2. The molecule has 0 spiro atoms. The summed E-state index contributed by atoms with van der Waals surface area (Å²) in [6.45, 7) is 2.06. The van der Waals surface area contributed by atoms with E-state index in [1.165, 1.54) is 11.9 Å². The number of nitrogens with one attached hydrogen (secondary N) is 1. The van der Waals surface area contributed by atoms with Gasteiger partial charge in [-0.15, -0.1) is 0 Å². The first-order valence-electron chi connectivity index (χ1n) is 7.66. The summed E-state index contributed by atoms with van der Waals surface area (Å²) in [5.41, 5.74) is 7.18. The van der Waals surface area contributed by atoms with E-state index in [0.29, 0.717) is 5.75 Å². The Morgan fingerprint density at radius 1 is 1.08 bits per heavy atom. The van der Waals surface area contributed by atoms with Crippen LogP contribution in [0.1, 0.15) is 12.5 Å². The number of nitrogen functional groups attached to an aromatic ring is 1. The zero-order valence-corrected chi connectivity index (χ0v) is 13.5. The lowest BCUT2D eigenvalue weighted by atomic mass is 10.2. The lowest BCUT2D eigenvalue weighted by Gasteiger charge is -2.12. The van der Waals surface area contributed by atoms with Gasteiger partial charge in [-0.2, -0.15) is 4.98 Å². The Kier molecular flexibility index (Phi) is 4.74. The Labute approximate surface area is 143 Å². The number of hydrogen-bond donors (Lipinski definition) is 2. The molecule has 3 aromatic rings. The van der Waals surface area contributed by atoms with Crippen LogP contribution in [0.4, 0.5) is 26.0 Å². The molecule has 1 aromatic heterocycles. The second kappa shape index (κ2) is 7.12. The van der Waals surface area contributed by atoms with Crippen LogP contribution in [0.5, 0.6) is 11.6 Å². The Morgan fingerprint density at radius 3 is 2.56 bits per heavy atom. The third-order valence-corrected chi connectivity index (χ3v) is 3.57. The van der Waals surface area contributed by atoms with Crippen LogP contribution in [0.3, 0.4) is 0 Å². The molecule has 0 atom stereocenters. The molecule has 128 valence electrons. The molecule has 25 heavy (non-hydrogen) atoms. The Bertz CT molecular complexity index is 885. The smallest absolute Gasteiger partial charge is 0.248 e. The topological polar surface area (TPSA) is 73.1 Å². The first-order chi connectivity index (χ1) is 12.1. The summed E-state index contributed by atoms with van der Waals surface area (Å²) in [4.78, 5) is 7.95. The lowest BCUT2D eigenvalue weighted by molar-refractivity contribution is 0.464. The van der Waals surface area contributed by atoms with Crippen molar-refractivity contribution >= 4 is 17.2 Å². The number of anilines is 3. The summed E-state index contributed by atoms with van der Waals surface area (Å²) in [5.74, 6) is -0.398. The molecule has 5 nitrogen and oxygen atoms in total. The SMILES string of the molecule is CCc1ccc(Oc2ncnc(Nc3cc(F)ccc3F)c2N)cc1. The summed E-state index contributed by atoms with van der Waals surface area (Å²) in [6.07, 6.45) is 2.15. The summed E-state index contributed by atoms with van der Waals surface area (Å²) in [7, 11) is 0. The molecule has 1 heterocycles. The van der Waals surface area contributed by atoms with Gasteiger partial charge in [-0.3, -0.25) is 0 Å². The van der Waals surface area contributed by atoms with E-state index in [9.17, 15) is 8.78 Å². The number of aryl methyl sites for hydroxylation is 1. The van der Waals surface area contributed by atoms with Crippen molar-refractivity contribution in [2.24, 2.45) is 0 Å². The molecule has 7 heteroatoms. The molecular formula is C18H16F2N4O. The van der Waals surface area contributed by atoms with E-state index < -0.39 is 11.6 Å². The number of rotatable bonds is 5. The molecule has 0 aliphatic rings. The van der Waals surface area contributed by atoms with Crippen molar-refractivity contribution in [1.29, 1.82) is 0 Å². The van der Waals surface area contributed by atoms with E-state index in [0.717, 1.165) is 24.6 Å². The van der Waals surface area contributed by atoms with Gasteiger partial charge in [0.15, 0.2) is 5.82 Å². The maximum atomic E-state index is 13.8.